The van der Waals surface area contributed by atoms with Gasteiger partial charge in [-0.1, -0.05) is 110 Å². The summed E-state index contributed by atoms with van der Waals surface area (Å²) < 4.78 is 17.7. The molecule has 3 heterocycles. The number of ether oxygens (including phenoxy) is 3. The molecule has 0 radical (unpaired) electrons. The van der Waals surface area contributed by atoms with Crippen LogP contribution in [0.2, 0.25) is 0 Å². The molecule has 3 N–H and O–H groups in total. The zero-order valence-corrected chi connectivity index (χ0v) is 28.1. The van der Waals surface area contributed by atoms with Gasteiger partial charge in [0.15, 0.2) is 0 Å². The van der Waals surface area contributed by atoms with Gasteiger partial charge in [-0.2, -0.15) is 0 Å². The summed E-state index contributed by atoms with van der Waals surface area (Å²) in [4.78, 5) is 11.7. The summed E-state index contributed by atoms with van der Waals surface area (Å²) in [5, 5.41) is 31.6. The molecule has 0 spiro atoms. The maximum Gasteiger partial charge on any atom is 0.334 e. The second-order valence-corrected chi connectivity index (χ2v) is 14.0. The van der Waals surface area contributed by atoms with E-state index in [9.17, 15) is 20.1 Å². The number of cyclic esters (lactones) is 1. The molecule has 7 heteroatoms. The summed E-state index contributed by atoms with van der Waals surface area (Å²) in [6.07, 6.45) is 26.1. The Morgan fingerprint density at radius 3 is 1.52 bits per heavy atom. The molecule has 0 aromatic carbocycles. The van der Waals surface area contributed by atoms with Crippen LogP contribution in [0.15, 0.2) is 11.6 Å². The molecule has 1 unspecified atom stereocenters. The smallest absolute Gasteiger partial charge is 0.334 e. The minimum Gasteiger partial charge on any atom is -0.455 e. The van der Waals surface area contributed by atoms with Crippen LogP contribution in [-0.4, -0.2) is 70.1 Å². The van der Waals surface area contributed by atoms with Gasteiger partial charge in [0.1, 0.15) is 6.10 Å². The van der Waals surface area contributed by atoms with Crippen molar-refractivity contribution < 1.29 is 34.3 Å². The lowest BCUT2D eigenvalue weighted by atomic mass is 10.00. The lowest BCUT2D eigenvalue weighted by Gasteiger charge is -2.24. The van der Waals surface area contributed by atoms with Gasteiger partial charge in [0, 0.05) is 12.0 Å². The summed E-state index contributed by atoms with van der Waals surface area (Å²) in [6.45, 7) is 4.09. The van der Waals surface area contributed by atoms with E-state index in [0.717, 1.165) is 77.0 Å². The van der Waals surface area contributed by atoms with E-state index in [1.54, 1.807) is 0 Å². The molecule has 256 valence electrons. The summed E-state index contributed by atoms with van der Waals surface area (Å²) in [7, 11) is 0. The molecule has 0 saturated carbocycles. The van der Waals surface area contributed by atoms with Gasteiger partial charge in [0.05, 0.1) is 42.7 Å². The average Bonchev–Trinajstić information content (AvgIpc) is 3.75. The second-order valence-electron chi connectivity index (χ2n) is 14.0. The number of carbonyl (C=O) groups excluding carboxylic acids is 1. The Balaban J connectivity index is 1.13. The van der Waals surface area contributed by atoms with Gasteiger partial charge in [-0.3, -0.25) is 0 Å². The topological polar surface area (TPSA) is 105 Å². The van der Waals surface area contributed by atoms with Crippen molar-refractivity contribution in [3.8, 4) is 0 Å². The zero-order chi connectivity index (χ0) is 31.6. The molecule has 3 aliphatic heterocycles. The number of hydrogen-bond donors (Lipinski definition) is 3. The molecule has 0 bridgehead atoms. The fourth-order valence-electron chi connectivity index (χ4n) is 7.28. The van der Waals surface area contributed by atoms with Crippen LogP contribution in [-0.2, 0) is 19.0 Å². The Morgan fingerprint density at radius 2 is 1.09 bits per heavy atom. The maximum absolute atomic E-state index is 11.7. The minimum absolute atomic E-state index is 0.0519. The van der Waals surface area contributed by atoms with E-state index < -0.39 is 12.2 Å². The number of carbonyl (C=O) groups is 1. The van der Waals surface area contributed by atoms with Crippen molar-refractivity contribution in [1.29, 1.82) is 0 Å². The fraction of sp³-hybridized carbons (Fsp3) is 0.919. The third kappa shape index (κ3) is 14.2. The number of unbranched alkanes of at least 4 members (excludes halogenated alkanes) is 14. The van der Waals surface area contributed by atoms with E-state index in [4.69, 9.17) is 14.2 Å². The Hall–Kier alpha value is -0.990. The van der Waals surface area contributed by atoms with Crippen LogP contribution in [0.3, 0.4) is 0 Å². The highest BCUT2D eigenvalue weighted by Gasteiger charge is 2.40. The third-order valence-electron chi connectivity index (χ3n) is 10.0. The van der Waals surface area contributed by atoms with Gasteiger partial charge in [-0.05, 0) is 57.9 Å². The van der Waals surface area contributed by atoms with E-state index in [1.807, 2.05) is 13.0 Å². The summed E-state index contributed by atoms with van der Waals surface area (Å²) in [6, 6.07) is 0. The number of rotatable bonds is 25. The third-order valence-corrected chi connectivity index (χ3v) is 10.0. The van der Waals surface area contributed by atoms with Crippen LogP contribution in [0.5, 0.6) is 0 Å². The first-order valence-electron chi connectivity index (χ1n) is 18.6. The van der Waals surface area contributed by atoms with E-state index in [0.29, 0.717) is 12.0 Å². The average molecular weight is 623 g/mol. The maximum atomic E-state index is 11.7. The van der Waals surface area contributed by atoms with E-state index >= 15 is 0 Å². The largest absolute Gasteiger partial charge is 0.455 e. The van der Waals surface area contributed by atoms with Crippen molar-refractivity contribution in [3.05, 3.63) is 11.6 Å². The van der Waals surface area contributed by atoms with Crippen molar-refractivity contribution >= 4 is 5.97 Å². The van der Waals surface area contributed by atoms with Gasteiger partial charge in [0.2, 0.25) is 0 Å². The molecular formula is C37H66O7. The lowest BCUT2D eigenvalue weighted by molar-refractivity contribution is -0.139. The van der Waals surface area contributed by atoms with Gasteiger partial charge in [-0.15, -0.1) is 0 Å². The fourth-order valence-corrected chi connectivity index (χ4v) is 7.28. The molecule has 44 heavy (non-hydrogen) atoms. The van der Waals surface area contributed by atoms with Crippen LogP contribution >= 0.6 is 0 Å². The molecule has 0 aromatic rings. The molecule has 2 saturated heterocycles. The van der Waals surface area contributed by atoms with Crippen molar-refractivity contribution in [2.45, 2.75) is 217 Å². The minimum atomic E-state index is -0.463. The molecular weight excluding hydrogens is 556 g/mol. The van der Waals surface area contributed by atoms with Crippen molar-refractivity contribution in [1.82, 2.24) is 0 Å². The molecule has 0 amide bonds. The molecule has 0 aliphatic carbocycles. The monoisotopic (exact) mass is 622 g/mol. The first-order chi connectivity index (χ1) is 21.4. The summed E-state index contributed by atoms with van der Waals surface area (Å²) in [5.74, 6) is -0.281. The molecule has 2 fully saturated rings. The Morgan fingerprint density at radius 1 is 0.659 bits per heavy atom. The highest BCUT2D eigenvalue weighted by molar-refractivity contribution is 5.90. The molecule has 7 nitrogen and oxygen atoms in total. The van der Waals surface area contributed by atoms with Gasteiger partial charge >= 0.3 is 5.97 Å². The molecule has 3 rings (SSSR count). The van der Waals surface area contributed by atoms with Gasteiger partial charge in [-0.25, -0.2) is 4.79 Å². The molecule has 3 aliphatic rings. The van der Waals surface area contributed by atoms with Crippen molar-refractivity contribution in [3.63, 3.8) is 0 Å². The summed E-state index contributed by atoms with van der Waals surface area (Å²) >= 11 is 0. The van der Waals surface area contributed by atoms with Gasteiger partial charge in [0.25, 0.3) is 0 Å². The summed E-state index contributed by atoms with van der Waals surface area (Å²) in [5.41, 5.74) is 0.617. The normalized spacial score (nSPS) is 27.4. The second kappa shape index (κ2) is 21.7. The number of aliphatic hydroxyl groups excluding tert-OH is 3. The van der Waals surface area contributed by atoms with E-state index in [1.165, 1.54) is 70.6 Å². The Bertz CT molecular complexity index is 801. The van der Waals surface area contributed by atoms with Crippen LogP contribution in [0.1, 0.15) is 168 Å². The Labute approximate surface area is 268 Å². The standard InChI is InChI=1S/C37H66O7/c1-3-4-5-6-7-11-14-17-20-31(39)33-22-24-35(43-33)36-25-23-34(44-36)32(40)21-18-15-12-9-8-10-13-16-19-30(38)27-29-26-28(2)42-37(29)41/h26,28,30-36,38-40H,3-25,27H2,1-2H3/t28?,30-,31-,32-,33-,34-,35-,36-/m0/s1. The predicted molar refractivity (Wildman–Crippen MR) is 175 cm³/mol. The Kier molecular flexibility index (Phi) is 18.5. The predicted octanol–water partition coefficient (Wildman–Crippen LogP) is 7.86. The first kappa shape index (κ1) is 37.5. The number of aliphatic hydroxyl groups is 3. The quantitative estimate of drug-likeness (QED) is 0.0703. The number of esters is 1. The van der Waals surface area contributed by atoms with Crippen LogP contribution in [0.25, 0.3) is 0 Å². The van der Waals surface area contributed by atoms with Crippen molar-refractivity contribution in [2.24, 2.45) is 0 Å². The van der Waals surface area contributed by atoms with Crippen LogP contribution < -0.4 is 0 Å². The lowest BCUT2D eigenvalue weighted by Crippen LogP contribution is -2.33. The van der Waals surface area contributed by atoms with Gasteiger partial charge < -0.3 is 29.5 Å². The highest BCUT2D eigenvalue weighted by Crippen LogP contribution is 2.34. The first-order valence-corrected chi connectivity index (χ1v) is 18.6. The molecule has 8 atom stereocenters. The molecule has 0 aromatic heterocycles. The van der Waals surface area contributed by atoms with E-state index in [-0.39, 0.29) is 42.6 Å². The highest BCUT2D eigenvalue weighted by atomic mass is 16.6. The zero-order valence-electron chi connectivity index (χ0n) is 28.1. The van der Waals surface area contributed by atoms with E-state index in [2.05, 4.69) is 6.92 Å². The van der Waals surface area contributed by atoms with Crippen LogP contribution in [0.4, 0.5) is 0 Å². The number of hydrogen-bond acceptors (Lipinski definition) is 7. The van der Waals surface area contributed by atoms with Crippen LogP contribution in [0, 0.1) is 0 Å². The SMILES string of the molecule is CCCCCCCCCC[C@H](O)[C@@H]1CC[C@@H]([C@@H]2CC[C@@H]([C@@H](O)CCCCCCCCCC[C@H](O)CC3=CC(C)OC3=O)O2)O1. The van der Waals surface area contributed by atoms with Crippen molar-refractivity contribution in [2.75, 3.05) is 0 Å².